The van der Waals surface area contributed by atoms with E-state index in [1.807, 2.05) is 0 Å². The normalized spacial score (nSPS) is 23.8. The smallest absolute Gasteiger partial charge is 0.253 e. The summed E-state index contributed by atoms with van der Waals surface area (Å²) < 4.78 is 31.7. The van der Waals surface area contributed by atoms with Crippen LogP contribution >= 0.6 is 0 Å². The van der Waals surface area contributed by atoms with Crippen LogP contribution in [0.5, 0.6) is 0 Å². The lowest BCUT2D eigenvalue weighted by molar-refractivity contribution is 0.0591. The number of nitrogens with zero attached hydrogens (tertiary/aromatic N) is 2. The van der Waals surface area contributed by atoms with Gasteiger partial charge in [-0.1, -0.05) is 0 Å². The second kappa shape index (κ2) is 6.76. The van der Waals surface area contributed by atoms with Gasteiger partial charge in [0.1, 0.15) is 0 Å². The zero-order chi connectivity index (χ0) is 17.3. The highest BCUT2D eigenvalue weighted by molar-refractivity contribution is 5.94. The molecule has 0 saturated carbocycles. The molecule has 0 N–H and O–H groups in total. The van der Waals surface area contributed by atoms with Crippen LogP contribution < -0.4 is 0 Å². The van der Waals surface area contributed by atoms with Gasteiger partial charge < -0.3 is 14.5 Å². The number of piperidine rings is 1. The van der Waals surface area contributed by atoms with E-state index in [0.29, 0.717) is 19.1 Å². The molecule has 2 aliphatic heterocycles. The molecule has 1 amide bonds. The molecule has 0 aromatic heterocycles. The largest absolute Gasteiger partial charge is 0.383 e. The van der Waals surface area contributed by atoms with Crippen molar-refractivity contribution in [3.8, 4) is 0 Å². The van der Waals surface area contributed by atoms with Crippen molar-refractivity contribution in [3.63, 3.8) is 0 Å². The Kier molecular flexibility index (Phi) is 4.88. The fraction of sp³-hybridized carbons (Fsp3) is 0.611. The van der Waals surface area contributed by atoms with Gasteiger partial charge >= 0.3 is 0 Å². The highest BCUT2D eigenvalue weighted by Crippen LogP contribution is 2.43. The Balaban J connectivity index is 1.63. The second-order valence-corrected chi connectivity index (χ2v) is 7.15. The van der Waals surface area contributed by atoms with Crippen LogP contribution in [0.3, 0.4) is 0 Å². The Hall–Kier alpha value is -1.53. The summed E-state index contributed by atoms with van der Waals surface area (Å²) in [6.45, 7) is 3.07. The zero-order valence-corrected chi connectivity index (χ0v) is 14.2. The van der Waals surface area contributed by atoms with Gasteiger partial charge in [-0.05, 0) is 49.9 Å². The number of halogens is 2. The third-order valence-corrected chi connectivity index (χ3v) is 5.51. The van der Waals surface area contributed by atoms with E-state index in [1.54, 1.807) is 12.0 Å². The van der Waals surface area contributed by atoms with Gasteiger partial charge in [0.15, 0.2) is 11.6 Å². The van der Waals surface area contributed by atoms with Crippen molar-refractivity contribution < 1.29 is 18.3 Å². The monoisotopic (exact) mass is 338 g/mol. The van der Waals surface area contributed by atoms with Crippen molar-refractivity contribution in [1.82, 2.24) is 9.80 Å². The van der Waals surface area contributed by atoms with E-state index in [-0.39, 0.29) is 16.9 Å². The van der Waals surface area contributed by atoms with Crippen molar-refractivity contribution in [3.05, 3.63) is 35.4 Å². The number of likely N-dealkylation sites (tertiary alicyclic amines) is 2. The summed E-state index contributed by atoms with van der Waals surface area (Å²) in [6.07, 6.45) is 2.96. The number of hydrogen-bond donors (Lipinski definition) is 0. The van der Waals surface area contributed by atoms with Gasteiger partial charge in [-0.2, -0.15) is 0 Å². The molecule has 132 valence electrons. The maximum absolute atomic E-state index is 13.3. The number of ether oxygens (including phenoxy) is 1. The molecule has 24 heavy (non-hydrogen) atoms. The third kappa shape index (κ3) is 3.30. The lowest BCUT2D eigenvalue weighted by Crippen LogP contribution is -2.44. The van der Waals surface area contributed by atoms with E-state index in [9.17, 15) is 13.6 Å². The molecule has 3 rings (SSSR count). The van der Waals surface area contributed by atoms with Crippen LogP contribution in [0.1, 0.15) is 29.6 Å². The first-order valence-corrected chi connectivity index (χ1v) is 8.38. The Morgan fingerprint density at radius 2 is 2.00 bits per heavy atom. The molecule has 1 unspecified atom stereocenters. The third-order valence-electron chi connectivity index (χ3n) is 5.51. The first-order chi connectivity index (χ1) is 11.4. The number of methoxy groups -OCH3 is 1. The maximum atomic E-state index is 13.3. The number of benzene rings is 1. The van der Waals surface area contributed by atoms with Crippen LogP contribution in [0, 0.1) is 17.0 Å². The predicted octanol–water partition coefficient (Wildman–Crippen LogP) is 2.54. The summed E-state index contributed by atoms with van der Waals surface area (Å²) >= 11 is 0. The summed E-state index contributed by atoms with van der Waals surface area (Å²) in [4.78, 5) is 16.6. The summed E-state index contributed by atoms with van der Waals surface area (Å²) in [5, 5.41) is 0. The topological polar surface area (TPSA) is 32.8 Å². The van der Waals surface area contributed by atoms with Crippen LogP contribution in [-0.4, -0.2) is 62.1 Å². The number of hydrogen-bond acceptors (Lipinski definition) is 3. The molecule has 0 aliphatic carbocycles. The molecular weight excluding hydrogens is 314 g/mol. The van der Waals surface area contributed by atoms with Crippen molar-refractivity contribution in [1.29, 1.82) is 0 Å². The molecule has 1 spiro atoms. The SMILES string of the molecule is COCC1CC2(CCN(C(=O)c3ccc(F)c(F)c3)CC2)CN1C. The molecule has 2 heterocycles. The van der Waals surface area contributed by atoms with Crippen LogP contribution in [0.4, 0.5) is 8.78 Å². The molecule has 2 fully saturated rings. The lowest BCUT2D eigenvalue weighted by Gasteiger charge is -2.39. The first-order valence-electron chi connectivity index (χ1n) is 8.38. The predicted molar refractivity (Wildman–Crippen MR) is 86.8 cm³/mol. The molecule has 1 aromatic rings. The average Bonchev–Trinajstić information content (AvgIpc) is 2.86. The van der Waals surface area contributed by atoms with Crippen molar-refractivity contribution in [2.24, 2.45) is 5.41 Å². The number of carbonyl (C=O) groups excluding carboxylic acids is 1. The molecule has 2 aliphatic rings. The molecule has 1 atom stereocenters. The van der Waals surface area contributed by atoms with Crippen LogP contribution in [0.2, 0.25) is 0 Å². The van der Waals surface area contributed by atoms with Crippen LogP contribution in [0.15, 0.2) is 18.2 Å². The van der Waals surface area contributed by atoms with E-state index in [4.69, 9.17) is 4.74 Å². The van der Waals surface area contributed by atoms with E-state index >= 15 is 0 Å². The van der Waals surface area contributed by atoms with Gasteiger partial charge in [0.05, 0.1) is 6.61 Å². The standard InChI is InChI=1S/C18H24F2N2O2/c1-21-12-18(10-14(21)11-24-2)5-7-22(8-6-18)17(23)13-3-4-15(19)16(20)9-13/h3-4,9,14H,5-8,10-12H2,1-2H3. The van der Waals surface area contributed by atoms with E-state index in [1.165, 1.54) is 6.07 Å². The fourth-order valence-corrected chi connectivity index (χ4v) is 4.12. The second-order valence-electron chi connectivity index (χ2n) is 7.15. The van der Waals surface area contributed by atoms with Gasteiger partial charge in [0.25, 0.3) is 5.91 Å². The highest BCUT2D eigenvalue weighted by Gasteiger charge is 2.44. The number of likely N-dealkylation sites (N-methyl/N-ethyl adjacent to an activating group) is 1. The number of carbonyl (C=O) groups is 1. The van der Waals surface area contributed by atoms with E-state index in [0.717, 1.165) is 44.5 Å². The van der Waals surface area contributed by atoms with Crippen molar-refractivity contribution in [2.75, 3.05) is 40.4 Å². The molecule has 2 saturated heterocycles. The summed E-state index contributed by atoms with van der Waals surface area (Å²) in [5.74, 6) is -2.12. The van der Waals surface area contributed by atoms with Gasteiger partial charge in [-0.3, -0.25) is 4.79 Å². The minimum absolute atomic E-state index is 0.214. The van der Waals surface area contributed by atoms with Crippen molar-refractivity contribution in [2.45, 2.75) is 25.3 Å². The molecule has 6 heteroatoms. The van der Waals surface area contributed by atoms with Crippen molar-refractivity contribution >= 4 is 5.91 Å². The molecule has 0 radical (unpaired) electrons. The highest BCUT2D eigenvalue weighted by atomic mass is 19.2. The Morgan fingerprint density at radius 3 is 2.62 bits per heavy atom. The van der Waals surface area contributed by atoms with Crippen LogP contribution in [0.25, 0.3) is 0 Å². The Labute approximate surface area is 141 Å². The minimum atomic E-state index is -0.978. The van der Waals surface area contributed by atoms with Gasteiger partial charge in [-0.15, -0.1) is 0 Å². The summed E-state index contributed by atoms with van der Waals surface area (Å²) in [7, 11) is 3.85. The van der Waals surface area contributed by atoms with Crippen LogP contribution in [-0.2, 0) is 4.74 Å². The van der Waals surface area contributed by atoms with E-state index in [2.05, 4.69) is 11.9 Å². The molecule has 4 nitrogen and oxygen atoms in total. The van der Waals surface area contributed by atoms with Gasteiger partial charge in [0.2, 0.25) is 0 Å². The summed E-state index contributed by atoms with van der Waals surface area (Å²) in [6, 6.07) is 3.78. The Bertz CT molecular complexity index is 615. The number of amides is 1. The fourth-order valence-electron chi connectivity index (χ4n) is 4.12. The minimum Gasteiger partial charge on any atom is -0.383 e. The molecule has 0 bridgehead atoms. The van der Waals surface area contributed by atoms with Gasteiger partial charge in [-0.25, -0.2) is 8.78 Å². The van der Waals surface area contributed by atoms with Gasteiger partial charge in [0, 0.05) is 38.3 Å². The average molecular weight is 338 g/mol. The molecular formula is C18H24F2N2O2. The first kappa shape index (κ1) is 17.3. The number of rotatable bonds is 3. The quantitative estimate of drug-likeness (QED) is 0.849. The lowest BCUT2D eigenvalue weighted by atomic mass is 9.76. The maximum Gasteiger partial charge on any atom is 0.253 e. The zero-order valence-electron chi connectivity index (χ0n) is 14.2. The Morgan fingerprint density at radius 1 is 1.29 bits per heavy atom. The summed E-state index contributed by atoms with van der Waals surface area (Å²) in [5.41, 5.74) is 0.452. The van der Waals surface area contributed by atoms with E-state index < -0.39 is 11.6 Å². The molecule has 1 aromatic carbocycles.